The van der Waals surface area contributed by atoms with E-state index in [9.17, 15) is 13.6 Å². The fraction of sp³-hybridized carbons (Fsp3) is 0.444. The van der Waals surface area contributed by atoms with E-state index >= 15 is 0 Å². The molecule has 1 aromatic rings. The van der Waals surface area contributed by atoms with Gasteiger partial charge in [0.05, 0.1) is 6.61 Å². The largest absolute Gasteiger partial charge is 0.462 e. The fourth-order valence-corrected chi connectivity index (χ4v) is 1.77. The van der Waals surface area contributed by atoms with Crippen molar-refractivity contribution in [2.45, 2.75) is 18.9 Å². The molecular weight excluding hydrogens is 224 g/mol. The number of carbonyl (C=O) groups excluding carboxylic acids is 1. The molecule has 2 N–H and O–H groups in total. The Morgan fingerprint density at radius 2 is 2.40 bits per heavy atom. The molecular formula is C9H11F2NO2S. The molecule has 1 aromatic heterocycles. The summed E-state index contributed by atoms with van der Waals surface area (Å²) in [5.41, 5.74) is 5.31. The Kier molecular flexibility index (Phi) is 3.76. The maximum Gasteiger partial charge on any atom is 0.379 e. The van der Waals surface area contributed by atoms with Gasteiger partial charge in [-0.2, -0.15) is 8.78 Å². The summed E-state index contributed by atoms with van der Waals surface area (Å²) >= 11 is 1.08. The first-order chi connectivity index (χ1) is 7.00. The zero-order valence-corrected chi connectivity index (χ0v) is 8.89. The van der Waals surface area contributed by atoms with Gasteiger partial charge in [-0.1, -0.05) is 6.07 Å². The molecule has 0 unspecified atom stereocenters. The number of carbonyl (C=O) groups is 1. The SMILES string of the molecule is CCOC(=O)C(F)(F)[C@H](N)c1cccs1. The van der Waals surface area contributed by atoms with Crippen LogP contribution in [0.25, 0.3) is 0 Å². The Hall–Kier alpha value is -1.01. The Morgan fingerprint density at radius 3 is 2.87 bits per heavy atom. The predicted octanol–water partition coefficient (Wildman–Crippen LogP) is 1.95. The third-order valence-corrected chi connectivity index (χ3v) is 2.74. The van der Waals surface area contributed by atoms with Gasteiger partial charge in [0, 0.05) is 4.88 Å². The zero-order chi connectivity index (χ0) is 11.5. The lowest BCUT2D eigenvalue weighted by molar-refractivity contribution is -0.174. The molecule has 3 nitrogen and oxygen atoms in total. The van der Waals surface area contributed by atoms with Gasteiger partial charge < -0.3 is 10.5 Å². The number of hydrogen-bond acceptors (Lipinski definition) is 4. The van der Waals surface area contributed by atoms with E-state index in [0.29, 0.717) is 0 Å². The lowest BCUT2D eigenvalue weighted by atomic mass is 10.1. The highest BCUT2D eigenvalue weighted by Gasteiger charge is 2.48. The number of nitrogens with two attached hydrogens (primary N) is 1. The van der Waals surface area contributed by atoms with E-state index in [4.69, 9.17) is 5.73 Å². The topological polar surface area (TPSA) is 52.3 Å². The Bertz CT molecular complexity index is 327. The number of ether oxygens (including phenoxy) is 1. The Labute approximate surface area is 89.8 Å². The van der Waals surface area contributed by atoms with Crippen LogP contribution in [0.3, 0.4) is 0 Å². The average Bonchev–Trinajstić information content (AvgIpc) is 2.69. The molecule has 1 rings (SSSR count). The fourth-order valence-electron chi connectivity index (χ4n) is 1.00. The first-order valence-electron chi connectivity index (χ1n) is 4.34. The summed E-state index contributed by atoms with van der Waals surface area (Å²) in [6.07, 6.45) is 0. The lowest BCUT2D eigenvalue weighted by Crippen LogP contribution is -2.41. The van der Waals surface area contributed by atoms with E-state index < -0.39 is 17.9 Å². The number of thiophene rings is 1. The summed E-state index contributed by atoms with van der Waals surface area (Å²) < 4.78 is 31.0. The summed E-state index contributed by atoms with van der Waals surface area (Å²) in [4.78, 5) is 11.2. The third-order valence-electron chi connectivity index (χ3n) is 1.79. The van der Waals surface area contributed by atoms with Crippen LogP contribution in [0.1, 0.15) is 17.8 Å². The van der Waals surface area contributed by atoms with Gasteiger partial charge in [-0.15, -0.1) is 11.3 Å². The van der Waals surface area contributed by atoms with E-state index in [-0.39, 0.29) is 11.5 Å². The molecule has 0 aliphatic rings. The molecule has 84 valence electrons. The van der Waals surface area contributed by atoms with Crippen molar-refractivity contribution in [2.75, 3.05) is 6.61 Å². The molecule has 0 bridgehead atoms. The van der Waals surface area contributed by atoms with Gasteiger partial charge in [0.25, 0.3) is 0 Å². The van der Waals surface area contributed by atoms with Gasteiger partial charge in [-0.3, -0.25) is 0 Å². The first kappa shape index (κ1) is 12.1. The average molecular weight is 235 g/mol. The number of esters is 1. The highest BCUT2D eigenvalue weighted by atomic mass is 32.1. The van der Waals surface area contributed by atoms with Crippen molar-refractivity contribution in [3.8, 4) is 0 Å². The predicted molar refractivity (Wildman–Crippen MR) is 52.8 cm³/mol. The van der Waals surface area contributed by atoms with Gasteiger partial charge in [0.2, 0.25) is 0 Å². The minimum absolute atomic E-state index is 0.0917. The molecule has 0 spiro atoms. The molecule has 0 fully saturated rings. The van der Waals surface area contributed by atoms with Crippen molar-refractivity contribution >= 4 is 17.3 Å². The molecule has 0 saturated heterocycles. The maximum absolute atomic E-state index is 13.4. The van der Waals surface area contributed by atoms with E-state index in [2.05, 4.69) is 4.74 Å². The molecule has 0 saturated carbocycles. The molecule has 1 atom stereocenters. The molecule has 0 aliphatic heterocycles. The minimum atomic E-state index is -3.68. The molecule has 6 heteroatoms. The van der Waals surface area contributed by atoms with Crippen molar-refractivity contribution in [1.29, 1.82) is 0 Å². The molecule has 0 radical (unpaired) electrons. The van der Waals surface area contributed by atoms with E-state index in [1.54, 1.807) is 11.4 Å². The van der Waals surface area contributed by atoms with E-state index in [0.717, 1.165) is 11.3 Å². The van der Waals surface area contributed by atoms with Crippen LogP contribution in [-0.4, -0.2) is 18.5 Å². The second kappa shape index (κ2) is 4.67. The number of hydrogen-bond donors (Lipinski definition) is 1. The summed E-state index contributed by atoms with van der Waals surface area (Å²) in [5, 5.41) is 1.62. The Balaban J connectivity index is 2.81. The number of alkyl halides is 2. The van der Waals surface area contributed by atoms with Crippen LogP contribution < -0.4 is 5.73 Å². The summed E-state index contributed by atoms with van der Waals surface area (Å²) in [5.74, 6) is -5.26. The van der Waals surface area contributed by atoms with Crippen molar-refractivity contribution in [3.05, 3.63) is 22.4 Å². The third kappa shape index (κ3) is 2.51. The van der Waals surface area contributed by atoms with Gasteiger partial charge in [0.1, 0.15) is 6.04 Å². The number of rotatable bonds is 4. The van der Waals surface area contributed by atoms with Crippen LogP contribution >= 0.6 is 11.3 Å². The van der Waals surface area contributed by atoms with Crippen molar-refractivity contribution in [3.63, 3.8) is 0 Å². The van der Waals surface area contributed by atoms with Crippen molar-refractivity contribution in [1.82, 2.24) is 0 Å². The van der Waals surface area contributed by atoms with Crippen molar-refractivity contribution < 1.29 is 18.3 Å². The first-order valence-corrected chi connectivity index (χ1v) is 5.22. The summed E-state index contributed by atoms with van der Waals surface area (Å²) in [7, 11) is 0. The smallest absolute Gasteiger partial charge is 0.379 e. The highest BCUT2D eigenvalue weighted by Crippen LogP contribution is 2.32. The van der Waals surface area contributed by atoms with Gasteiger partial charge >= 0.3 is 11.9 Å². The maximum atomic E-state index is 13.4. The molecule has 1 heterocycles. The quantitative estimate of drug-likeness (QED) is 0.811. The lowest BCUT2D eigenvalue weighted by Gasteiger charge is -2.20. The van der Waals surface area contributed by atoms with E-state index in [1.807, 2.05) is 0 Å². The molecule has 0 aromatic carbocycles. The summed E-state index contributed by atoms with van der Waals surface area (Å²) in [6.45, 7) is 1.37. The zero-order valence-electron chi connectivity index (χ0n) is 8.07. The van der Waals surface area contributed by atoms with Gasteiger partial charge in [-0.25, -0.2) is 4.79 Å². The van der Waals surface area contributed by atoms with Crippen molar-refractivity contribution in [2.24, 2.45) is 5.73 Å². The standard InChI is InChI=1S/C9H11F2NO2S/c1-2-14-8(13)9(10,11)7(12)6-4-3-5-15-6/h3-5,7H,2,12H2,1H3/t7-/m1/s1. The summed E-state index contributed by atoms with van der Waals surface area (Å²) in [6, 6.07) is 1.42. The molecule has 0 amide bonds. The van der Waals surface area contributed by atoms with Gasteiger partial charge in [-0.05, 0) is 18.4 Å². The molecule has 15 heavy (non-hydrogen) atoms. The highest BCUT2D eigenvalue weighted by molar-refractivity contribution is 7.10. The van der Waals surface area contributed by atoms with Crippen LogP contribution in [0.15, 0.2) is 17.5 Å². The van der Waals surface area contributed by atoms with Crippen LogP contribution in [0, 0.1) is 0 Å². The monoisotopic (exact) mass is 235 g/mol. The van der Waals surface area contributed by atoms with Crippen LogP contribution in [-0.2, 0) is 9.53 Å². The van der Waals surface area contributed by atoms with Gasteiger partial charge in [0.15, 0.2) is 0 Å². The second-order valence-corrected chi connectivity index (χ2v) is 3.82. The van der Waals surface area contributed by atoms with Crippen LogP contribution in [0.5, 0.6) is 0 Å². The normalized spacial score (nSPS) is 13.6. The van der Waals surface area contributed by atoms with Crippen LogP contribution in [0.4, 0.5) is 8.78 Å². The molecule has 0 aliphatic carbocycles. The second-order valence-electron chi connectivity index (χ2n) is 2.84. The van der Waals surface area contributed by atoms with Crippen LogP contribution in [0.2, 0.25) is 0 Å². The Morgan fingerprint density at radius 1 is 1.73 bits per heavy atom. The minimum Gasteiger partial charge on any atom is -0.462 e. The van der Waals surface area contributed by atoms with E-state index in [1.165, 1.54) is 13.0 Å². The number of halogens is 2.